The summed E-state index contributed by atoms with van der Waals surface area (Å²) in [5.41, 5.74) is -0.389. The van der Waals surface area contributed by atoms with E-state index in [1.807, 2.05) is 6.92 Å². The third-order valence-electron chi connectivity index (χ3n) is 3.94. The minimum absolute atomic E-state index is 0.00296. The molecular weight excluding hydrogens is 252 g/mol. The lowest BCUT2D eigenvalue weighted by Crippen LogP contribution is -2.53. The number of hydrogen-bond acceptors (Lipinski definition) is 4. The van der Waals surface area contributed by atoms with Crippen LogP contribution >= 0.6 is 0 Å². The molecular formula is C12H22N2O3S. The first-order valence-corrected chi connectivity index (χ1v) is 8.46. The molecule has 0 spiro atoms. The normalized spacial score (nSPS) is 35.9. The number of nitrogens with one attached hydrogen (secondary N) is 2. The van der Waals surface area contributed by atoms with Crippen LogP contribution < -0.4 is 10.6 Å². The van der Waals surface area contributed by atoms with Crippen LogP contribution in [0.1, 0.15) is 32.6 Å². The molecule has 104 valence electrons. The van der Waals surface area contributed by atoms with Crippen LogP contribution in [0.5, 0.6) is 0 Å². The molecule has 0 saturated carbocycles. The lowest BCUT2D eigenvalue weighted by Gasteiger charge is -2.35. The molecule has 0 aliphatic carbocycles. The molecule has 0 aromatic rings. The average Bonchev–Trinajstić information content (AvgIpc) is 2.28. The van der Waals surface area contributed by atoms with Crippen LogP contribution in [0.3, 0.4) is 0 Å². The van der Waals surface area contributed by atoms with Crippen LogP contribution in [0.25, 0.3) is 0 Å². The molecule has 0 aromatic carbocycles. The topological polar surface area (TPSA) is 75.3 Å². The maximum absolute atomic E-state index is 12.3. The molecule has 0 radical (unpaired) electrons. The molecule has 2 aliphatic heterocycles. The smallest absolute Gasteiger partial charge is 0.227 e. The second kappa shape index (κ2) is 5.17. The number of hydrogen-bond donors (Lipinski definition) is 2. The second-order valence-electron chi connectivity index (χ2n) is 5.77. The van der Waals surface area contributed by atoms with Gasteiger partial charge >= 0.3 is 0 Å². The Morgan fingerprint density at radius 3 is 2.78 bits per heavy atom. The van der Waals surface area contributed by atoms with Gasteiger partial charge < -0.3 is 10.6 Å². The van der Waals surface area contributed by atoms with E-state index >= 15 is 0 Å². The molecule has 5 nitrogen and oxygen atoms in total. The van der Waals surface area contributed by atoms with Crippen molar-refractivity contribution in [3.8, 4) is 0 Å². The molecule has 2 N–H and O–H groups in total. The minimum atomic E-state index is -2.96. The van der Waals surface area contributed by atoms with Crippen molar-refractivity contribution in [2.45, 2.75) is 38.6 Å². The highest BCUT2D eigenvalue weighted by atomic mass is 32.2. The number of carbonyl (C=O) groups is 1. The monoisotopic (exact) mass is 274 g/mol. The van der Waals surface area contributed by atoms with E-state index in [4.69, 9.17) is 0 Å². The lowest BCUT2D eigenvalue weighted by atomic mass is 9.81. The first kappa shape index (κ1) is 13.8. The third-order valence-corrected chi connectivity index (χ3v) is 5.76. The lowest BCUT2D eigenvalue weighted by molar-refractivity contribution is -0.131. The standard InChI is InChI=1S/C12H22N2O3S/c1-12(5-3-6-13-9-12)11(15)14-10-4-2-7-18(16,17)8-10/h10,13H,2-9H2,1H3,(H,14,15)/t10-,12-/m1/s1. The molecule has 2 saturated heterocycles. The Balaban J connectivity index is 1.94. The summed E-state index contributed by atoms with van der Waals surface area (Å²) in [4.78, 5) is 12.3. The molecule has 2 aliphatic rings. The molecule has 0 bridgehead atoms. The molecule has 0 unspecified atom stereocenters. The first-order chi connectivity index (χ1) is 8.41. The maximum Gasteiger partial charge on any atom is 0.227 e. The Kier molecular flexibility index (Phi) is 3.96. The average molecular weight is 274 g/mol. The van der Waals surface area contributed by atoms with Crippen LogP contribution in [0.15, 0.2) is 0 Å². The minimum Gasteiger partial charge on any atom is -0.352 e. The van der Waals surface area contributed by atoms with Crippen LogP contribution in [0.4, 0.5) is 0 Å². The number of rotatable bonds is 2. The van der Waals surface area contributed by atoms with E-state index < -0.39 is 9.84 Å². The maximum atomic E-state index is 12.3. The van der Waals surface area contributed by atoms with E-state index in [-0.39, 0.29) is 28.9 Å². The Morgan fingerprint density at radius 2 is 2.17 bits per heavy atom. The Morgan fingerprint density at radius 1 is 1.39 bits per heavy atom. The highest BCUT2D eigenvalue weighted by Crippen LogP contribution is 2.26. The van der Waals surface area contributed by atoms with Crippen molar-refractivity contribution in [1.29, 1.82) is 0 Å². The molecule has 2 fully saturated rings. The Bertz CT molecular complexity index is 413. The summed E-state index contributed by atoms with van der Waals surface area (Å²) < 4.78 is 23.1. The van der Waals surface area contributed by atoms with Gasteiger partial charge in [0.25, 0.3) is 0 Å². The molecule has 2 heterocycles. The van der Waals surface area contributed by atoms with Gasteiger partial charge in [0, 0.05) is 12.6 Å². The fraction of sp³-hybridized carbons (Fsp3) is 0.917. The van der Waals surface area contributed by atoms with E-state index in [0.29, 0.717) is 13.0 Å². The molecule has 0 aromatic heterocycles. The van der Waals surface area contributed by atoms with E-state index in [1.165, 1.54) is 0 Å². The van der Waals surface area contributed by atoms with Crippen molar-refractivity contribution < 1.29 is 13.2 Å². The van der Waals surface area contributed by atoms with Gasteiger partial charge in [-0.25, -0.2) is 8.42 Å². The number of amides is 1. The highest BCUT2D eigenvalue weighted by Gasteiger charge is 2.36. The Labute approximate surface area is 109 Å². The summed E-state index contributed by atoms with van der Waals surface area (Å²) in [6.07, 6.45) is 3.29. The molecule has 18 heavy (non-hydrogen) atoms. The summed E-state index contributed by atoms with van der Waals surface area (Å²) in [6.45, 7) is 3.59. The Hall–Kier alpha value is -0.620. The van der Waals surface area contributed by atoms with Crippen molar-refractivity contribution in [3.63, 3.8) is 0 Å². The number of sulfone groups is 1. The zero-order valence-electron chi connectivity index (χ0n) is 10.9. The van der Waals surface area contributed by atoms with Crippen molar-refractivity contribution in [1.82, 2.24) is 10.6 Å². The van der Waals surface area contributed by atoms with Crippen LogP contribution in [0, 0.1) is 5.41 Å². The van der Waals surface area contributed by atoms with Gasteiger partial charge in [0.2, 0.25) is 5.91 Å². The third kappa shape index (κ3) is 3.23. The fourth-order valence-corrected chi connectivity index (χ4v) is 4.38. The van der Waals surface area contributed by atoms with Crippen molar-refractivity contribution in [3.05, 3.63) is 0 Å². The largest absolute Gasteiger partial charge is 0.352 e. The fourth-order valence-electron chi connectivity index (χ4n) is 2.75. The number of piperidine rings is 1. The van der Waals surface area contributed by atoms with Crippen LogP contribution in [0.2, 0.25) is 0 Å². The van der Waals surface area contributed by atoms with Crippen LogP contribution in [-0.2, 0) is 14.6 Å². The molecule has 1 amide bonds. The molecule has 2 rings (SSSR count). The van der Waals surface area contributed by atoms with Gasteiger partial charge in [-0.05, 0) is 39.2 Å². The first-order valence-electron chi connectivity index (χ1n) is 6.63. The van der Waals surface area contributed by atoms with Crippen molar-refractivity contribution in [2.24, 2.45) is 5.41 Å². The van der Waals surface area contributed by atoms with Gasteiger partial charge in [0.15, 0.2) is 9.84 Å². The predicted octanol–water partition coefficient (Wildman–Crippen LogP) is 0.0695. The van der Waals surface area contributed by atoms with Crippen molar-refractivity contribution >= 4 is 15.7 Å². The van der Waals surface area contributed by atoms with E-state index in [1.54, 1.807) is 0 Å². The zero-order valence-corrected chi connectivity index (χ0v) is 11.7. The summed E-state index contributed by atoms with van der Waals surface area (Å²) in [7, 11) is -2.96. The zero-order chi connectivity index (χ0) is 13.2. The summed E-state index contributed by atoms with van der Waals surface area (Å²) >= 11 is 0. The molecule has 6 heteroatoms. The highest BCUT2D eigenvalue weighted by molar-refractivity contribution is 7.91. The quantitative estimate of drug-likeness (QED) is 0.747. The van der Waals surface area contributed by atoms with Gasteiger partial charge in [0.05, 0.1) is 16.9 Å². The summed E-state index contributed by atoms with van der Waals surface area (Å²) in [6, 6.07) is -0.199. The van der Waals surface area contributed by atoms with Gasteiger partial charge in [-0.3, -0.25) is 4.79 Å². The van der Waals surface area contributed by atoms with Gasteiger partial charge in [-0.2, -0.15) is 0 Å². The SMILES string of the molecule is C[C@@]1(C(=O)N[C@@H]2CCCS(=O)(=O)C2)CCCNC1. The number of carbonyl (C=O) groups excluding carboxylic acids is 1. The van der Waals surface area contributed by atoms with Gasteiger partial charge in [-0.15, -0.1) is 0 Å². The van der Waals surface area contributed by atoms with Gasteiger partial charge in [-0.1, -0.05) is 0 Å². The van der Waals surface area contributed by atoms with E-state index in [9.17, 15) is 13.2 Å². The van der Waals surface area contributed by atoms with Crippen molar-refractivity contribution in [2.75, 3.05) is 24.6 Å². The van der Waals surface area contributed by atoms with E-state index in [2.05, 4.69) is 10.6 Å². The van der Waals surface area contributed by atoms with Crippen LogP contribution in [-0.4, -0.2) is 45.0 Å². The molecule has 2 atom stereocenters. The predicted molar refractivity (Wildman–Crippen MR) is 70.0 cm³/mol. The van der Waals surface area contributed by atoms with E-state index in [0.717, 1.165) is 25.8 Å². The second-order valence-corrected chi connectivity index (χ2v) is 8.00. The summed E-state index contributed by atoms with van der Waals surface area (Å²) in [5.74, 6) is 0.359. The van der Waals surface area contributed by atoms with Gasteiger partial charge in [0.1, 0.15) is 0 Å². The summed E-state index contributed by atoms with van der Waals surface area (Å²) in [5, 5.41) is 6.16.